The normalized spacial score (nSPS) is 29.1. The van der Waals surface area contributed by atoms with E-state index in [0.29, 0.717) is 0 Å². The van der Waals surface area contributed by atoms with Crippen LogP contribution in [-0.4, -0.2) is 12.1 Å². The van der Waals surface area contributed by atoms with E-state index >= 15 is 0 Å². The van der Waals surface area contributed by atoms with Gasteiger partial charge in [-0.1, -0.05) is 24.6 Å². The molecule has 3 unspecified atom stereocenters. The van der Waals surface area contributed by atoms with Crippen molar-refractivity contribution in [2.75, 3.05) is 0 Å². The Morgan fingerprint density at radius 2 is 2.00 bits per heavy atom. The summed E-state index contributed by atoms with van der Waals surface area (Å²) in [6.07, 6.45) is 3.57. The number of hydrogen-bond donors (Lipinski definition) is 1. The second-order valence-corrected chi connectivity index (χ2v) is 5.51. The van der Waals surface area contributed by atoms with Crippen LogP contribution in [0.1, 0.15) is 37.3 Å². The summed E-state index contributed by atoms with van der Waals surface area (Å²) in [5.74, 6) is 1.72. The average molecular weight is 233 g/mol. The van der Waals surface area contributed by atoms with Gasteiger partial charge in [-0.15, -0.1) is 0 Å². The zero-order valence-electron chi connectivity index (χ0n) is 11.1. The van der Waals surface area contributed by atoms with Crippen LogP contribution in [0, 0.1) is 19.8 Å². The SMILES string of the molecule is Cc1ccc(OC2CC(C)CCC2N)c(C)c1. The second kappa shape index (κ2) is 5.09. The van der Waals surface area contributed by atoms with Crippen LogP contribution in [0.25, 0.3) is 0 Å². The van der Waals surface area contributed by atoms with E-state index in [4.69, 9.17) is 10.5 Å². The number of aryl methyl sites for hydroxylation is 2. The topological polar surface area (TPSA) is 35.2 Å². The van der Waals surface area contributed by atoms with Crippen molar-refractivity contribution in [1.82, 2.24) is 0 Å². The van der Waals surface area contributed by atoms with Gasteiger partial charge in [0.1, 0.15) is 11.9 Å². The molecule has 2 nitrogen and oxygen atoms in total. The van der Waals surface area contributed by atoms with Crippen molar-refractivity contribution in [3.05, 3.63) is 29.3 Å². The van der Waals surface area contributed by atoms with E-state index in [2.05, 4.69) is 39.0 Å². The van der Waals surface area contributed by atoms with Gasteiger partial charge in [0.25, 0.3) is 0 Å². The van der Waals surface area contributed by atoms with Gasteiger partial charge in [0.15, 0.2) is 0 Å². The minimum atomic E-state index is 0.181. The summed E-state index contributed by atoms with van der Waals surface area (Å²) in [4.78, 5) is 0. The molecule has 2 heteroatoms. The van der Waals surface area contributed by atoms with Crippen LogP contribution in [-0.2, 0) is 0 Å². The molecule has 0 saturated heterocycles. The summed E-state index contributed by atoms with van der Waals surface area (Å²) >= 11 is 0. The predicted octanol–water partition coefficient (Wildman–Crippen LogP) is 3.20. The summed E-state index contributed by atoms with van der Waals surface area (Å²) in [5, 5.41) is 0. The van der Waals surface area contributed by atoms with E-state index in [0.717, 1.165) is 24.5 Å². The molecule has 94 valence electrons. The molecule has 1 aliphatic carbocycles. The van der Waals surface area contributed by atoms with Gasteiger partial charge in [0.2, 0.25) is 0 Å². The molecule has 1 saturated carbocycles. The summed E-state index contributed by atoms with van der Waals surface area (Å²) < 4.78 is 6.10. The monoisotopic (exact) mass is 233 g/mol. The van der Waals surface area contributed by atoms with Crippen molar-refractivity contribution in [2.24, 2.45) is 11.7 Å². The Hall–Kier alpha value is -1.02. The highest BCUT2D eigenvalue weighted by molar-refractivity contribution is 5.35. The highest BCUT2D eigenvalue weighted by atomic mass is 16.5. The van der Waals surface area contributed by atoms with Crippen LogP contribution in [0.4, 0.5) is 0 Å². The Bertz CT molecular complexity index is 389. The van der Waals surface area contributed by atoms with Crippen molar-refractivity contribution in [3.63, 3.8) is 0 Å². The molecule has 0 amide bonds. The summed E-state index contributed by atoms with van der Waals surface area (Å²) in [5.41, 5.74) is 8.62. The lowest BCUT2D eigenvalue weighted by Crippen LogP contribution is -2.43. The molecular formula is C15H23NO. The van der Waals surface area contributed by atoms with Crippen molar-refractivity contribution in [2.45, 2.75) is 52.2 Å². The molecule has 3 atom stereocenters. The highest BCUT2D eigenvalue weighted by Crippen LogP contribution is 2.28. The molecule has 2 rings (SSSR count). The summed E-state index contributed by atoms with van der Waals surface area (Å²) in [7, 11) is 0. The van der Waals surface area contributed by atoms with E-state index in [9.17, 15) is 0 Å². The third-order valence-corrected chi connectivity index (χ3v) is 3.71. The largest absolute Gasteiger partial charge is 0.489 e. The smallest absolute Gasteiger partial charge is 0.122 e. The lowest BCUT2D eigenvalue weighted by molar-refractivity contribution is 0.107. The van der Waals surface area contributed by atoms with Gasteiger partial charge in [-0.05, 0) is 50.7 Å². The van der Waals surface area contributed by atoms with Crippen molar-refractivity contribution < 1.29 is 4.74 Å². The van der Waals surface area contributed by atoms with Crippen molar-refractivity contribution in [1.29, 1.82) is 0 Å². The molecule has 0 aliphatic heterocycles. The fourth-order valence-electron chi connectivity index (χ4n) is 2.58. The third-order valence-electron chi connectivity index (χ3n) is 3.71. The van der Waals surface area contributed by atoms with Gasteiger partial charge in [-0.25, -0.2) is 0 Å². The van der Waals surface area contributed by atoms with Crippen LogP contribution in [0.2, 0.25) is 0 Å². The van der Waals surface area contributed by atoms with Crippen LogP contribution < -0.4 is 10.5 Å². The molecule has 0 spiro atoms. The molecule has 1 aromatic rings. The Balaban J connectivity index is 2.08. The van der Waals surface area contributed by atoms with Gasteiger partial charge in [0.05, 0.1) is 0 Å². The quantitative estimate of drug-likeness (QED) is 0.851. The molecule has 17 heavy (non-hydrogen) atoms. The molecule has 1 fully saturated rings. The Labute approximate surface area is 104 Å². The maximum absolute atomic E-state index is 6.14. The summed E-state index contributed by atoms with van der Waals surface area (Å²) in [6, 6.07) is 6.51. The zero-order valence-corrected chi connectivity index (χ0v) is 11.1. The first-order valence-electron chi connectivity index (χ1n) is 6.55. The van der Waals surface area contributed by atoms with Crippen LogP contribution in [0.15, 0.2) is 18.2 Å². The third kappa shape index (κ3) is 3.01. The van der Waals surface area contributed by atoms with Gasteiger partial charge in [-0.3, -0.25) is 0 Å². The fourth-order valence-corrected chi connectivity index (χ4v) is 2.58. The standard InChI is InChI=1S/C15H23NO/c1-10-5-7-14(12(3)8-10)17-15-9-11(2)4-6-13(15)16/h5,7-8,11,13,15H,4,6,9,16H2,1-3H3. The maximum Gasteiger partial charge on any atom is 0.122 e. The minimum absolute atomic E-state index is 0.181. The molecule has 0 aromatic heterocycles. The zero-order chi connectivity index (χ0) is 12.4. The van der Waals surface area contributed by atoms with Gasteiger partial charge < -0.3 is 10.5 Å². The molecule has 2 N–H and O–H groups in total. The van der Waals surface area contributed by atoms with E-state index in [1.807, 2.05) is 0 Å². The second-order valence-electron chi connectivity index (χ2n) is 5.51. The Morgan fingerprint density at radius 3 is 2.71 bits per heavy atom. The van der Waals surface area contributed by atoms with Gasteiger partial charge in [-0.2, -0.15) is 0 Å². The Kier molecular flexibility index (Phi) is 3.72. The number of nitrogens with two attached hydrogens (primary N) is 1. The van der Waals surface area contributed by atoms with Gasteiger partial charge in [0, 0.05) is 6.04 Å². The highest BCUT2D eigenvalue weighted by Gasteiger charge is 2.27. The van der Waals surface area contributed by atoms with Gasteiger partial charge >= 0.3 is 0 Å². The first-order chi connectivity index (χ1) is 8.06. The number of ether oxygens (including phenoxy) is 1. The van der Waals surface area contributed by atoms with Crippen molar-refractivity contribution in [3.8, 4) is 5.75 Å². The molecule has 1 aromatic carbocycles. The molecular weight excluding hydrogens is 210 g/mol. The fraction of sp³-hybridized carbons (Fsp3) is 0.600. The average Bonchev–Trinajstić information content (AvgIpc) is 2.27. The lowest BCUT2D eigenvalue weighted by Gasteiger charge is -2.33. The number of hydrogen-bond acceptors (Lipinski definition) is 2. The lowest BCUT2D eigenvalue weighted by atomic mass is 9.85. The van der Waals surface area contributed by atoms with Crippen molar-refractivity contribution >= 4 is 0 Å². The predicted molar refractivity (Wildman–Crippen MR) is 71.3 cm³/mol. The molecule has 0 radical (unpaired) electrons. The molecule has 1 aliphatic rings. The van der Waals surface area contributed by atoms with Crippen LogP contribution in [0.5, 0.6) is 5.75 Å². The van der Waals surface area contributed by atoms with Crippen LogP contribution in [0.3, 0.4) is 0 Å². The van der Waals surface area contributed by atoms with E-state index in [1.165, 1.54) is 17.5 Å². The van der Waals surface area contributed by atoms with E-state index < -0.39 is 0 Å². The first-order valence-corrected chi connectivity index (χ1v) is 6.55. The number of benzene rings is 1. The maximum atomic E-state index is 6.14. The minimum Gasteiger partial charge on any atom is -0.489 e. The molecule has 0 bridgehead atoms. The van der Waals surface area contributed by atoms with E-state index in [-0.39, 0.29) is 12.1 Å². The first kappa shape index (κ1) is 12.4. The van der Waals surface area contributed by atoms with E-state index in [1.54, 1.807) is 0 Å². The van der Waals surface area contributed by atoms with Crippen LogP contribution >= 0.6 is 0 Å². The molecule has 0 heterocycles. The Morgan fingerprint density at radius 1 is 1.24 bits per heavy atom. The number of rotatable bonds is 2. The summed E-state index contributed by atoms with van der Waals surface area (Å²) in [6.45, 7) is 6.48.